The second-order valence-corrected chi connectivity index (χ2v) is 8.54. The summed E-state index contributed by atoms with van der Waals surface area (Å²) in [7, 11) is 0. The van der Waals surface area contributed by atoms with E-state index in [0.717, 1.165) is 31.2 Å². The van der Waals surface area contributed by atoms with Gasteiger partial charge >= 0.3 is 5.97 Å². The van der Waals surface area contributed by atoms with Crippen molar-refractivity contribution in [3.8, 4) is 0 Å². The zero-order valence-electron chi connectivity index (χ0n) is 15.4. The van der Waals surface area contributed by atoms with E-state index in [-0.39, 0.29) is 35.3 Å². The van der Waals surface area contributed by atoms with Gasteiger partial charge in [0, 0.05) is 17.4 Å². The van der Waals surface area contributed by atoms with Crippen molar-refractivity contribution in [1.82, 2.24) is 0 Å². The Bertz CT molecular complexity index is 596. The third-order valence-electron chi connectivity index (χ3n) is 5.04. The molecule has 1 aliphatic rings. The Hall–Kier alpha value is -0.980. The molecule has 0 aromatic heterocycles. The molecule has 0 saturated heterocycles. The Kier molecular flexibility index (Phi) is 8.51. The van der Waals surface area contributed by atoms with Gasteiger partial charge in [0.25, 0.3) is 0 Å². The molecule has 0 spiro atoms. The molecule has 144 valence electrons. The number of hydrogen-bond acceptors (Lipinski definition) is 6. The maximum atomic E-state index is 12.4. The van der Waals surface area contributed by atoms with Crippen LogP contribution in [0.15, 0.2) is 30.3 Å². The zero-order valence-corrected chi connectivity index (χ0v) is 17.1. The molecule has 1 aliphatic carbocycles. The highest BCUT2D eigenvalue weighted by molar-refractivity contribution is 7.99. The molecule has 3 atom stereocenters. The third kappa shape index (κ3) is 6.32. The van der Waals surface area contributed by atoms with Crippen molar-refractivity contribution in [2.75, 3.05) is 12.0 Å². The van der Waals surface area contributed by atoms with E-state index in [0.29, 0.717) is 12.8 Å². The monoisotopic (exact) mass is 395 g/mol. The van der Waals surface area contributed by atoms with E-state index < -0.39 is 5.54 Å². The minimum atomic E-state index is -0.560. The first kappa shape index (κ1) is 21.3. The molecule has 2 N–H and O–H groups in total. The van der Waals surface area contributed by atoms with Gasteiger partial charge in [0.15, 0.2) is 0 Å². The first-order valence-corrected chi connectivity index (χ1v) is 11.1. The number of Topliss-reactive ketones (excluding diaryl/α,β-unsaturated/α-hetero) is 1. The van der Waals surface area contributed by atoms with E-state index in [1.54, 1.807) is 11.8 Å². The summed E-state index contributed by atoms with van der Waals surface area (Å²) in [4.78, 5) is 24.2. The summed E-state index contributed by atoms with van der Waals surface area (Å²) < 4.78 is 5.81. The number of esters is 1. The molecule has 0 amide bonds. The number of ether oxygens (including phenoxy) is 1. The van der Waals surface area contributed by atoms with Crippen molar-refractivity contribution in [1.29, 1.82) is 0 Å². The Morgan fingerprint density at radius 3 is 2.73 bits per heavy atom. The predicted molar refractivity (Wildman–Crippen MR) is 111 cm³/mol. The van der Waals surface area contributed by atoms with Gasteiger partial charge in [0.2, 0.25) is 0 Å². The second kappa shape index (κ2) is 10.4. The summed E-state index contributed by atoms with van der Waals surface area (Å²) in [5.74, 6) is 0.152. The number of nitrogens with two attached hydrogens (primary N) is 1. The molecule has 1 aromatic carbocycles. The van der Waals surface area contributed by atoms with Crippen LogP contribution < -0.4 is 5.73 Å². The quantitative estimate of drug-likeness (QED) is 0.495. The maximum Gasteiger partial charge on any atom is 0.310 e. The number of ketones is 1. The van der Waals surface area contributed by atoms with Crippen LogP contribution in [0, 0.1) is 0 Å². The standard InChI is InChI=1S/C20H29NO3S2/c1-26-17(12-16(22)14-25)13-20(21)10-6-5-9-18(20)24-19(23)11-15-7-3-2-4-8-15/h2-4,7-8,17-18,25H,5-6,9-14,21H2,1H3. The van der Waals surface area contributed by atoms with E-state index in [4.69, 9.17) is 10.5 Å². The first-order chi connectivity index (χ1) is 12.5. The van der Waals surface area contributed by atoms with Crippen LogP contribution in [0.2, 0.25) is 0 Å². The number of benzene rings is 1. The van der Waals surface area contributed by atoms with Crippen LogP contribution in [-0.4, -0.2) is 40.7 Å². The fraction of sp³-hybridized carbons (Fsp3) is 0.600. The molecule has 0 heterocycles. The molecule has 0 radical (unpaired) electrons. The Labute approximate surface area is 166 Å². The molecule has 1 fully saturated rings. The lowest BCUT2D eigenvalue weighted by atomic mass is 9.76. The molecular weight excluding hydrogens is 366 g/mol. The highest BCUT2D eigenvalue weighted by Crippen LogP contribution is 2.35. The van der Waals surface area contributed by atoms with Gasteiger partial charge in [0.05, 0.1) is 12.0 Å². The summed E-state index contributed by atoms with van der Waals surface area (Å²) in [5.41, 5.74) is 7.10. The van der Waals surface area contributed by atoms with Crippen molar-refractivity contribution in [3.63, 3.8) is 0 Å². The fourth-order valence-corrected chi connectivity index (χ4v) is 4.54. The molecular formula is C20H29NO3S2. The van der Waals surface area contributed by atoms with Gasteiger partial charge in [-0.3, -0.25) is 9.59 Å². The summed E-state index contributed by atoms with van der Waals surface area (Å²) >= 11 is 5.72. The van der Waals surface area contributed by atoms with Crippen molar-refractivity contribution >= 4 is 36.1 Å². The molecule has 0 aliphatic heterocycles. The Morgan fingerprint density at radius 2 is 2.08 bits per heavy atom. The van der Waals surface area contributed by atoms with Gasteiger partial charge in [-0.15, -0.1) is 0 Å². The summed E-state index contributed by atoms with van der Waals surface area (Å²) in [6, 6.07) is 9.60. The van der Waals surface area contributed by atoms with E-state index >= 15 is 0 Å². The molecule has 26 heavy (non-hydrogen) atoms. The molecule has 3 unspecified atom stereocenters. The molecule has 4 nitrogen and oxygen atoms in total. The Balaban J connectivity index is 2.00. The number of thioether (sulfide) groups is 1. The van der Waals surface area contributed by atoms with Crippen molar-refractivity contribution in [2.24, 2.45) is 5.73 Å². The van der Waals surface area contributed by atoms with Crippen LogP contribution in [0.25, 0.3) is 0 Å². The van der Waals surface area contributed by atoms with Crippen LogP contribution in [0.5, 0.6) is 0 Å². The topological polar surface area (TPSA) is 69.4 Å². The number of thiol groups is 1. The molecule has 6 heteroatoms. The van der Waals surface area contributed by atoms with Gasteiger partial charge in [-0.05, 0) is 37.5 Å². The van der Waals surface area contributed by atoms with Gasteiger partial charge < -0.3 is 10.5 Å². The number of carbonyl (C=O) groups is 2. The third-order valence-corrected chi connectivity index (χ3v) is 6.39. The molecule has 1 aromatic rings. The predicted octanol–water partition coefficient (Wildman–Crippen LogP) is 3.42. The van der Waals surface area contributed by atoms with Crippen molar-refractivity contribution in [3.05, 3.63) is 35.9 Å². The lowest BCUT2D eigenvalue weighted by Crippen LogP contribution is -2.56. The van der Waals surface area contributed by atoms with Crippen LogP contribution in [-0.2, 0) is 20.7 Å². The first-order valence-electron chi connectivity index (χ1n) is 9.14. The van der Waals surface area contributed by atoms with Gasteiger partial charge in [-0.25, -0.2) is 0 Å². The Morgan fingerprint density at radius 1 is 1.35 bits per heavy atom. The van der Waals surface area contributed by atoms with E-state index in [9.17, 15) is 9.59 Å². The largest absolute Gasteiger partial charge is 0.460 e. The minimum absolute atomic E-state index is 0.129. The maximum absolute atomic E-state index is 12.4. The number of hydrogen-bond donors (Lipinski definition) is 2. The second-order valence-electron chi connectivity index (χ2n) is 7.08. The van der Waals surface area contributed by atoms with Crippen molar-refractivity contribution in [2.45, 2.75) is 61.8 Å². The molecule has 0 bridgehead atoms. The normalized spacial score (nSPS) is 24.0. The SMILES string of the molecule is CSC(CC(=O)CS)CC1(N)CCCCC1OC(=O)Cc1ccccc1. The van der Waals surface area contributed by atoms with Crippen LogP contribution in [0.1, 0.15) is 44.1 Å². The van der Waals surface area contributed by atoms with E-state index in [1.165, 1.54) is 0 Å². The average molecular weight is 396 g/mol. The summed E-state index contributed by atoms with van der Waals surface area (Å²) in [6.07, 6.45) is 6.78. The highest BCUT2D eigenvalue weighted by Gasteiger charge is 2.41. The van der Waals surface area contributed by atoms with Crippen LogP contribution in [0.4, 0.5) is 0 Å². The number of carbonyl (C=O) groups excluding carboxylic acids is 2. The average Bonchev–Trinajstić information content (AvgIpc) is 2.63. The lowest BCUT2D eigenvalue weighted by Gasteiger charge is -2.42. The zero-order chi connectivity index (χ0) is 19.0. The molecule has 1 saturated carbocycles. The molecule has 2 rings (SSSR count). The fourth-order valence-electron chi connectivity index (χ4n) is 3.59. The summed E-state index contributed by atoms with van der Waals surface area (Å²) in [5, 5.41) is 0.132. The van der Waals surface area contributed by atoms with Gasteiger partial charge in [-0.1, -0.05) is 36.8 Å². The van der Waals surface area contributed by atoms with E-state index in [1.807, 2.05) is 36.6 Å². The van der Waals surface area contributed by atoms with Crippen molar-refractivity contribution < 1.29 is 14.3 Å². The highest BCUT2D eigenvalue weighted by atomic mass is 32.2. The van der Waals surface area contributed by atoms with Crippen LogP contribution >= 0.6 is 24.4 Å². The van der Waals surface area contributed by atoms with Crippen LogP contribution in [0.3, 0.4) is 0 Å². The van der Waals surface area contributed by atoms with Gasteiger partial charge in [0.1, 0.15) is 11.9 Å². The lowest BCUT2D eigenvalue weighted by molar-refractivity contribution is -0.154. The minimum Gasteiger partial charge on any atom is -0.460 e. The summed E-state index contributed by atoms with van der Waals surface area (Å²) in [6.45, 7) is 0. The number of rotatable bonds is 9. The smallest absolute Gasteiger partial charge is 0.310 e. The van der Waals surface area contributed by atoms with E-state index in [2.05, 4.69) is 12.6 Å². The van der Waals surface area contributed by atoms with Gasteiger partial charge in [-0.2, -0.15) is 24.4 Å².